The first-order valence-electron chi connectivity index (χ1n) is 7.66. The van der Waals surface area contributed by atoms with Crippen molar-refractivity contribution in [3.63, 3.8) is 0 Å². The van der Waals surface area contributed by atoms with Gasteiger partial charge in [0.15, 0.2) is 0 Å². The zero-order chi connectivity index (χ0) is 12.7. The molecule has 0 aliphatic heterocycles. The van der Waals surface area contributed by atoms with Crippen LogP contribution in [0.25, 0.3) is 0 Å². The lowest BCUT2D eigenvalue weighted by Gasteiger charge is -2.37. The van der Waals surface area contributed by atoms with Gasteiger partial charge in [0, 0.05) is 18.6 Å². The fraction of sp³-hybridized carbons (Fsp3) is 1.00. The number of nitrogens with zero attached hydrogens (tertiary/aromatic N) is 1. The maximum atomic E-state index is 3.69. The average molecular weight is 240 g/mol. The Balaban J connectivity index is 2.49. The average Bonchev–Trinajstić information content (AvgIpc) is 2.31. The van der Waals surface area contributed by atoms with Crippen LogP contribution in [0.4, 0.5) is 0 Å². The van der Waals surface area contributed by atoms with E-state index in [1.807, 2.05) is 0 Å². The molecule has 2 nitrogen and oxygen atoms in total. The first kappa shape index (κ1) is 15.0. The highest BCUT2D eigenvalue weighted by Gasteiger charge is 2.26. The van der Waals surface area contributed by atoms with Gasteiger partial charge < -0.3 is 10.2 Å². The van der Waals surface area contributed by atoms with Crippen LogP contribution in [0.3, 0.4) is 0 Å². The fourth-order valence-corrected chi connectivity index (χ4v) is 3.11. The van der Waals surface area contributed by atoms with E-state index in [4.69, 9.17) is 0 Å². The Bertz CT molecular complexity index is 189. The van der Waals surface area contributed by atoms with Crippen LogP contribution in [0.5, 0.6) is 0 Å². The molecular weight excluding hydrogens is 208 g/mol. The highest BCUT2D eigenvalue weighted by Crippen LogP contribution is 2.25. The summed E-state index contributed by atoms with van der Waals surface area (Å²) in [4.78, 5) is 2.67. The summed E-state index contributed by atoms with van der Waals surface area (Å²) in [6, 6.07) is 1.46. The predicted octanol–water partition coefficient (Wildman–Crippen LogP) is 3.28. The van der Waals surface area contributed by atoms with Gasteiger partial charge in [-0.15, -0.1) is 0 Å². The standard InChI is InChI=1S/C15H32N2/c1-5-11-17(13(3)4)12-14-9-7-8-10-15(14)16-6-2/h13-16H,5-12H2,1-4H3. The lowest BCUT2D eigenvalue weighted by atomic mass is 9.84. The summed E-state index contributed by atoms with van der Waals surface area (Å²) in [5, 5.41) is 3.69. The van der Waals surface area contributed by atoms with Gasteiger partial charge in [0.2, 0.25) is 0 Å². The van der Waals surface area contributed by atoms with Crippen LogP contribution in [-0.2, 0) is 0 Å². The van der Waals surface area contributed by atoms with Gasteiger partial charge in [0.1, 0.15) is 0 Å². The van der Waals surface area contributed by atoms with Crippen molar-refractivity contribution in [1.29, 1.82) is 0 Å². The molecule has 0 bridgehead atoms. The molecule has 0 amide bonds. The summed E-state index contributed by atoms with van der Waals surface area (Å²) >= 11 is 0. The van der Waals surface area contributed by atoms with Gasteiger partial charge in [-0.25, -0.2) is 0 Å². The molecule has 0 saturated heterocycles. The third kappa shape index (κ3) is 4.97. The van der Waals surface area contributed by atoms with E-state index in [0.29, 0.717) is 6.04 Å². The van der Waals surface area contributed by atoms with Crippen molar-refractivity contribution in [1.82, 2.24) is 10.2 Å². The number of rotatable bonds is 7. The highest BCUT2D eigenvalue weighted by atomic mass is 15.1. The molecular formula is C15H32N2. The normalized spacial score (nSPS) is 25.8. The van der Waals surface area contributed by atoms with Crippen LogP contribution in [0.1, 0.15) is 59.8 Å². The predicted molar refractivity (Wildman–Crippen MR) is 76.4 cm³/mol. The Morgan fingerprint density at radius 1 is 1.18 bits per heavy atom. The van der Waals surface area contributed by atoms with Crippen LogP contribution < -0.4 is 5.32 Å². The summed E-state index contributed by atoms with van der Waals surface area (Å²) in [5.41, 5.74) is 0. The Labute approximate surface area is 108 Å². The van der Waals surface area contributed by atoms with E-state index in [9.17, 15) is 0 Å². The van der Waals surface area contributed by atoms with Crippen LogP contribution in [-0.4, -0.2) is 36.6 Å². The van der Waals surface area contributed by atoms with Crippen LogP contribution >= 0.6 is 0 Å². The van der Waals surface area contributed by atoms with Gasteiger partial charge in [-0.3, -0.25) is 0 Å². The molecule has 2 heteroatoms. The molecule has 1 rings (SSSR count). The topological polar surface area (TPSA) is 15.3 Å². The smallest absolute Gasteiger partial charge is 0.0107 e. The molecule has 0 aromatic heterocycles. The van der Waals surface area contributed by atoms with Crippen LogP contribution in [0.15, 0.2) is 0 Å². The summed E-state index contributed by atoms with van der Waals surface area (Å²) < 4.78 is 0. The van der Waals surface area contributed by atoms with E-state index in [-0.39, 0.29) is 0 Å². The number of hydrogen-bond acceptors (Lipinski definition) is 2. The third-order valence-corrected chi connectivity index (χ3v) is 4.09. The van der Waals surface area contributed by atoms with Gasteiger partial charge in [0.05, 0.1) is 0 Å². The molecule has 0 aromatic rings. The van der Waals surface area contributed by atoms with E-state index in [1.165, 1.54) is 45.2 Å². The second-order valence-electron chi connectivity index (χ2n) is 5.80. The van der Waals surface area contributed by atoms with Gasteiger partial charge in [-0.05, 0) is 52.1 Å². The minimum absolute atomic E-state index is 0.694. The fourth-order valence-electron chi connectivity index (χ4n) is 3.11. The minimum atomic E-state index is 0.694. The van der Waals surface area contributed by atoms with Crippen molar-refractivity contribution >= 4 is 0 Å². The summed E-state index contributed by atoms with van der Waals surface area (Å²) in [5.74, 6) is 0.873. The molecule has 1 aliphatic rings. The Hall–Kier alpha value is -0.0800. The SMILES string of the molecule is CCCN(CC1CCCCC1NCC)C(C)C. The zero-order valence-electron chi connectivity index (χ0n) is 12.3. The molecule has 17 heavy (non-hydrogen) atoms. The first-order valence-corrected chi connectivity index (χ1v) is 7.66. The molecule has 2 unspecified atom stereocenters. The third-order valence-electron chi connectivity index (χ3n) is 4.09. The van der Waals surface area contributed by atoms with Crippen molar-refractivity contribution in [3.05, 3.63) is 0 Å². The van der Waals surface area contributed by atoms with E-state index in [2.05, 4.69) is 37.9 Å². The van der Waals surface area contributed by atoms with Crippen LogP contribution in [0.2, 0.25) is 0 Å². The lowest BCUT2D eigenvalue weighted by molar-refractivity contribution is 0.142. The van der Waals surface area contributed by atoms with E-state index in [1.54, 1.807) is 0 Å². The quantitative estimate of drug-likeness (QED) is 0.735. The molecule has 2 atom stereocenters. The lowest BCUT2D eigenvalue weighted by Crippen LogP contribution is -2.46. The minimum Gasteiger partial charge on any atom is -0.314 e. The molecule has 0 radical (unpaired) electrons. The second kappa shape index (κ2) is 8.10. The number of nitrogens with one attached hydrogen (secondary N) is 1. The molecule has 1 fully saturated rings. The highest BCUT2D eigenvalue weighted by molar-refractivity contribution is 4.83. The van der Waals surface area contributed by atoms with E-state index in [0.717, 1.165) is 18.5 Å². The molecule has 1 saturated carbocycles. The van der Waals surface area contributed by atoms with E-state index < -0.39 is 0 Å². The Morgan fingerprint density at radius 3 is 2.47 bits per heavy atom. The maximum absolute atomic E-state index is 3.69. The van der Waals surface area contributed by atoms with Gasteiger partial charge >= 0.3 is 0 Å². The second-order valence-corrected chi connectivity index (χ2v) is 5.80. The molecule has 1 N–H and O–H groups in total. The van der Waals surface area contributed by atoms with Crippen molar-refractivity contribution in [2.45, 2.75) is 71.9 Å². The van der Waals surface area contributed by atoms with Gasteiger partial charge in [-0.2, -0.15) is 0 Å². The van der Waals surface area contributed by atoms with Gasteiger partial charge in [0.25, 0.3) is 0 Å². The summed E-state index contributed by atoms with van der Waals surface area (Å²) in [7, 11) is 0. The maximum Gasteiger partial charge on any atom is 0.0107 e. The van der Waals surface area contributed by atoms with Crippen molar-refractivity contribution in [3.8, 4) is 0 Å². The molecule has 0 heterocycles. The Kier molecular flexibility index (Phi) is 7.14. The largest absolute Gasteiger partial charge is 0.314 e. The molecule has 102 valence electrons. The summed E-state index contributed by atoms with van der Waals surface area (Å²) in [6.45, 7) is 12.9. The van der Waals surface area contributed by atoms with Crippen LogP contribution in [0, 0.1) is 5.92 Å². The van der Waals surface area contributed by atoms with Gasteiger partial charge in [-0.1, -0.05) is 26.7 Å². The molecule has 1 aliphatic carbocycles. The number of hydrogen-bond donors (Lipinski definition) is 1. The van der Waals surface area contributed by atoms with Crippen molar-refractivity contribution < 1.29 is 0 Å². The monoisotopic (exact) mass is 240 g/mol. The summed E-state index contributed by atoms with van der Waals surface area (Å²) in [6.07, 6.45) is 6.94. The van der Waals surface area contributed by atoms with E-state index >= 15 is 0 Å². The molecule has 0 aromatic carbocycles. The first-order chi connectivity index (χ1) is 8.19. The van der Waals surface area contributed by atoms with Crippen molar-refractivity contribution in [2.75, 3.05) is 19.6 Å². The Morgan fingerprint density at radius 2 is 1.88 bits per heavy atom. The zero-order valence-corrected chi connectivity index (χ0v) is 12.3. The molecule has 0 spiro atoms. The van der Waals surface area contributed by atoms with Crippen molar-refractivity contribution in [2.24, 2.45) is 5.92 Å².